The first kappa shape index (κ1) is 21.9. The average Bonchev–Trinajstić information content (AvgIpc) is 3.01. The molecule has 0 aliphatic heterocycles. The van der Waals surface area contributed by atoms with E-state index < -0.39 is 0 Å². The third-order valence-corrected chi connectivity index (χ3v) is 5.33. The number of carbonyl (C=O) groups excluding carboxylic acids is 1. The van der Waals surface area contributed by atoms with Crippen LogP contribution in [-0.2, 0) is 16.5 Å². The van der Waals surface area contributed by atoms with E-state index in [1.165, 1.54) is 10.2 Å². The van der Waals surface area contributed by atoms with Crippen molar-refractivity contribution in [3.05, 3.63) is 57.6 Å². The summed E-state index contributed by atoms with van der Waals surface area (Å²) in [5, 5.41) is 12.2. The Balaban J connectivity index is 1.76. The summed E-state index contributed by atoms with van der Waals surface area (Å²) in [6, 6.07) is 8.20. The molecule has 1 atom stereocenters. The zero-order valence-corrected chi connectivity index (χ0v) is 18.9. The van der Waals surface area contributed by atoms with E-state index in [0.29, 0.717) is 16.6 Å². The van der Waals surface area contributed by atoms with E-state index in [1.54, 1.807) is 17.8 Å². The summed E-state index contributed by atoms with van der Waals surface area (Å²) in [6.07, 6.45) is 1.61. The van der Waals surface area contributed by atoms with Gasteiger partial charge in [0.15, 0.2) is 0 Å². The van der Waals surface area contributed by atoms with Crippen LogP contribution in [0.4, 0.5) is 0 Å². The molecule has 10 heteroatoms. The molecule has 2 aromatic heterocycles. The molecule has 7 nitrogen and oxygen atoms in total. The van der Waals surface area contributed by atoms with Gasteiger partial charge in [0, 0.05) is 6.04 Å². The van der Waals surface area contributed by atoms with Crippen LogP contribution in [0.5, 0.6) is 0 Å². The number of amides is 1. The minimum absolute atomic E-state index is 0.0814. The van der Waals surface area contributed by atoms with E-state index in [9.17, 15) is 9.59 Å². The molecule has 1 aromatic carbocycles. The van der Waals surface area contributed by atoms with Gasteiger partial charge in [0.2, 0.25) is 5.91 Å². The van der Waals surface area contributed by atoms with Gasteiger partial charge < -0.3 is 5.32 Å². The Hall–Kier alpha value is -2.77. The van der Waals surface area contributed by atoms with E-state index in [0.717, 1.165) is 5.56 Å². The Bertz CT molecular complexity index is 1130. The molecule has 0 aliphatic carbocycles. The molecule has 1 amide bonds. The molecule has 0 bridgehead atoms. The van der Waals surface area contributed by atoms with Crippen LogP contribution >= 0.6 is 0 Å². The average molecular weight is 403 g/mol. The molecule has 2 heterocycles. The maximum Gasteiger partial charge on any atom is 0.278 e. The Morgan fingerprint density at radius 3 is 2.37 bits per heavy atom. The monoisotopic (exact) mass is 403 g/mol. The zero-order valence-electron chi connectivity index (χ0n) is 18.9. The molecule has 30 heavy (non-hydrogen) atoms. The Morgan fingerprint density at radius 2 is 1.80 bits per heavy atom. The maximum atomic E-state index is 12.9. The number of fused-ring (bicyclic) bond motifs is 1. The summed E-state index contributed by atoms with van der Waals surface area (Å²) in [6.45, 7) is 7.60. The molecule has 3 rings (SSSR count). The lowest BCUT2D eigenvalue weighted by molar-refractivity contribution is -0.122. The quantitative estimate of drug-likeness (QED) is 0.556. The first-order valence-electron chi connectivity index (χ1n) is 10.3. The van der Waals surface area contributed by atoms with Crippen LogP contribution in [0, 0.1) is 6.92 Å². The van der Waals surface area contributed by atoms with Gasteiger partial charge in [-0.2, -0.15) is 10.2 Å². The van der Waals surface area contributed by atoms with Crippen molar-refractivity contribution >= 4 is 40.3 Å². The molecule has 0 saturated carbocycles. The number of nitrogens with one attached hydrogen (secondary N) is 1. The lowest BCUT2D eigenvalue weighted by Crippen LogP contribution is -2.35. The van der Waals surface area contributed by atoms with Gasteiger partial charge in [0.25, 0.3) is 5.56 Å². The highest BCUT2D eigenvalue weighted by Gasteiger charge is 2.18. The molecule has 154 valence electrons. The lowest BCUT2D eigenvalue weighted by atomic mass is 9.40. The summed E-state index contributed by atoms with van der Waals surface area (Å²) in [4.78, 5) is 25.5. The predicted molar refractivity (Wildman–Crippen MR) is 127 cm³/mol. The van der Waals surface area contributed by atoms with E-state index >= 15 is 0 Å². The number of hydrogen-bond acceptors (Lipinski definition) is 4. The molecule has 0 saturated heterocycles. The zero-order chi connectivity index (χ0) is 22.2. The second-order valence-electron chi connectivity index (χ2n) is 9.15. The SMILES string of the molecule is BC(B)(B)c1ccc([C@H](C)NC(=O)Cn2ncc3c(c(C)nn3C(C)C)c2=O)cc1. The van der Waals surface area contributed by atoms with Crippen molar-refractivity contribution in [2.24, 2.45) is 0 Å². The van der Waals surface area contributed by atoms with Crippen LogP contribution < -0.4 is 10.9 Å². The molecular formula is C20H28B3N5O2. The fourth-order valence-corrected chi connectivity index (χ4v) is 3.54. The largest absolute Gasteiger partial charge is 0.348 e. The summed E-state index contributed by atoms with van der Waals surface area (Å²) in [7, 11) is 6.50. The summed E-state index contributed by atoms with van der Waals surface area (Å²) < 4.78 is 2.99. The Kier molecular flexibility index (Phi) is 5.97. The highest BCUT2D eigenvalue weighted by Crippen LogP contribution is 2.19. The third-order valence-electron chi connectivity index (χ3n) is 5.33. The van der Waals surface area contributed by atoms with Crippen LogP contribution in [0.3, 0.4) is 0 Å². The minimum Gasteiger partial charge on any atom is -0.348 e. The molecule has 1 N–H and O–H groups in total. The number of aromatic nitrogens is 4. The van der Waals surface area contributed by atoms with Crippen LogP contribution in [0.1, 0.15) is 49.7 Å². The fraction of sp³-hybridized carbons (Fsp3) is 0.400. The highest BCUT2D eigenvalue weighted by atomic mass is 16.2. The second-order valence-corrected chi connectivity index (χ2v) is 9.15. The van der Waals surface area contributed by atoms with E-state index in [1.807, 2.05) is 32.9 Å². The number of carbonyl (C=O) groups is 1. The van der Waals surface area contributed by atoms with Crippen molar-refractivity contribution in [1.82, 2.24) is 24.9 Å². The minimum atomic E-state index is -0.297. The van der Waals surface area contributed by atoms with Gasteiger partial charge in [0.1, 0.15) is 6.54 Å². The van der Waals surface area contributed by atoms with Gasteiger partial charge in [-0.05, 0) is 33.3 Å². The van der Waals surface area contributed by atoms with Gasteiger partial charge in [-0.15, -0.1) is 0 Å². The summed E-state index contributed by atoms with van der Waals surface area (Å²) in [5.41, 5.74) is 3.30. The van der Waals surface area contributed by atoms with Gasteiger partial charge in [-0.3, -0.25) is 14.3 Å². The summed E-state index contributed by atoms with van der Waals surface area (Å²) in [5.74, 6) is -0.259. The number of aryl methyl sites for hydroxylation is 1. The van der Waals surface area contributed by atoms with Crippen LogP contribution in [0.2, 0.25) is 0 Å². The normalized spacial score (nSPS) is 13.0. The molecule has 0 unspecified atom stereocenters. The predicted octanol–water partition coefficient (Wildman–Crippen LogP) is -0.631. The molecule has 0 radical (unpaired) electrons. The molecule has 3 aromatic rings. The lowest BCUT2D eigenvalue weighted by Gasteiger charge is -2.20. The van der Waals surface area contributed by atoms with Crippen LogP contribution in [0.15, 0.2) is 35.3 Å². The van der Waals surface area contributed by atoms with Crippen molar-refractivity contribution in [3.8, 4) is 0 Å². The van der Waals surface area contributed by atoms with Crippen molar-refractivity contribution in [2.45, 2.75) is 51.4 Å². The molecule has 0 fully saturated rings. The smallest absolute Gasteiger partial charge is 0.278 e. The van der Waals surface area contributed by atoms with Gasteiger partial charge in [0.05, 0.1) is 52.4 Å². The topological polar surface area (TPSA) is 81.8 Å². The van der Waals surface area contributed by atoms with Crippen molar-refractivity contribution in [2.75, 3.05) is 0 Å². The number of hydrogen-bond donors (Lipinski definition) is 1. The van der Waals surface area contributed by atoms with Gasteiger partial charge in [-0.1, -0.05) is 34.9 Å². The first-order valence-corrected chi connectivity index (χ1v) is 10.3. The van der Waals surface area contributed by atoms with Crippen molar-refractivity contribution in [3.63, 3.8) is 0 Å². The van der Waals surface area contributed by atoms with E-state index in [-0.39, 0.29) is 35.2 Å². The van der Waals surface area contributed by atoms with E-state index in [4.69, 9.17) is 0 Å². The van der Waals surface area contributed by atoms with E-state index in [2.05, 4.69) is 51.2 Å². The Labute approximate surface area is 179 Å². The number of rotatable bonds is 6. The first-order chi connectivity index (χ1) is 14.0. The Morgan fingerprint density at radius 1 is 1.17 bits per heavy atom. The molecule has 0 aliphatic rings. The van der Waals surface area contributed by atoms with Crippen LogP contribution in [0.25, 0.3) is 10.9 Å². The van der Waals surface area contributed by atoms with Crippen LogP contribution in [-0.4, -0.2) is 49.0 Å². The maximum absolute atomic E-state index is 12.9. The molecule has 0 spiro atoms. The van der Waals surface area contributed by atoms with Gasteiger partial charge >= 0.3 is 0 Å². The highest BCUT2D eigenvalue weighted by molar-refractivity contribution is 6.58. The third kappa shape index (κ3) is 4.37. The number of benzene rings is 1. The van der Waals surface area contributed by atoms with Gasteiger partial charge in [-0.25, -0.2) is 4.68 Å². The fourth-order valence-electron chi connectivity index (χ4n) is 3.54. The standard InChI is InChI=1S/C20H28B3N5O2/c1-11(2)28-16-9-24-27(19(30)18(16)13(4)26-28)10-17(29)25-12(3)14-5-7-15(8-6-14)20(21,22)23/h5-9,11-12H,10,21-23H2,1-4H3,(H,25,29)/t12-/m0/s1. The van der Waals surface area contributed by atoms with Crippen molar-refractivity contribution in [1.29, 1.82) is 0 Å². The summed E-state index contributed by atoms with van der Waals surface area (Å²) >= 11 is 0. The molecular weight excluding hydrogens is 375 g/mol. The second kappa shape index (κ2) is 8.16. The van der Waals surface area contributed by atoms with Crippen molar-refractivity contribution < 1.29 is 4.79 Å². The number of nitrogens with zero attached hydrogens (tertiary/aromatic N) is 4.